The molecule has 0 saturated heterocycles. The third-order valence-corrected chi connectivity index (χ3v) is 9.05. The Bertz CT molecular complexity index is 1990. The van der Waals surface area contributed by atoms with Gasteiger partial charge in [-0.15, -0.1) is 23.1 Å². The summed E-state index contributed by atoms with van der Waals surface area (Å²) in [4.78, 5) is 56.5. The number of non-ortho nitro benzene ring substituents is 1. The standard InChI is InChI=1S/C36H31N5O5S2/c1-22-12-16-26(17-13-22)32-23(2)48-36(39-32)40-33(42)24(3)47-30-11-7-10-28(21-30)37-35(44)31(38-34(43)27-8-5-4-6-9-27)20-25-14-18-29(19-15-25)41(45)46/h4-21,24H,1-3H3,(H,37,44)(H,38,43)(H,39,40,42)/b31-20+. The first-order chi connectivity index (χ1) is 23.0. The van der Waals surface area contributed by atoms with Crippen LogP contribution in [-0.2, 0) is 9.59 Å². The number of aromatic nitrogens is 1. The van der Waals surface area contributed by atoms with Crippen LogP contribution in [0.15, 0.2) is 114 Å². The largest absolute Gasteiger partial charge is 0.321 e. The molecule has 0 aliphatic carbocycles. The Morgan fingerprint density at radius 2 is 1.60 bits per heavy atom. The summed E-state index contributed by atoms with van der Waals surface area (Å²) in [6.07, 6.45) is 1.44. The molecular formula is C36H31N5O5S2. The Morgan fingerprint density at radius 1 is 0.896 bits per heavy atom. The van der Waals surface area contributed by atoms with E-state index in [4.69, 9.17) is 0 Å². The van der Waals surface area contributed by atoms with Crippen molar-refractivity contribution >= 4 is 63.4 Å². The number of nitro benzene ring substituents is 1. The number of thioether (sulfide) groups is 1. The van der Waals surface area contributed by atoms with Gasteiger partial charge in [0.1, 0.15) is 5.70 Å². The number of amides is 3. The number of nitrogens with zero attached hydrogens (tertiary/aromatic N) is 2. The van der Waals surface area contributed by atoms with Crippen LogP contribution in [0.1, 0.15) is 33.3 Å². The zero-order valence-electron chi connectivity index (χ0n) is 26.2. The minimum Gasteiger partial charge on any atom is -0.321 e. The molecule has 0 aliphatic heterocycles. The summed E-state index contributed by atoms with van der Waals surface area (Å²) in [5.41, 5.74) is 4.09. The molecule has 10 nitrogen and oxygen atoms in total. The second-order valence-electron chi connectivity index (χ2n) is 10.7. The van der Waals surface area contributed by atoms with E-state index in [0.717, 1.165) is 26.6 Å². The average Bonchev–Trinajstić information content (AvgIpc) is 3.44. The number of thiazole rings is 1. The van der Waals surface area contributed by atoms with Crippen LogP contribution in [0.5, 0.6) is 0 Å². The van der Waals surface area contributed by atoms with Gasteiger partial charge in [-0.2, -0.15) is 0 Å². The summed E-state index contributed by atoms with van der Waals surface area (Å²) >= 11 is 2.74. The Labute approximate surface area is 285 Å². The van der Waals surface area contributed by atoms with E-state index in [2.05, 4.69) is 20.9 Å². The molecule has 5 aromatic rings. The van der Waals surface area contributed by atoms with E-state index < -0.39 is 22.0 Å². The SMILES string of the molecule is Cc1ccc(-c2nc(NC(=O)C(C)Sc3cccc(NC(=O)/C(=C\c4ccc([N+](=O)[O-])cc4)NC(=O)c4ccccc4)c3)sc2C)cc1. The molecule has 0 radical (unpaired) electrons. The van der Waals surface area contributed by atoms with Gasteiger partial charge < -0.3 is 16.0 Å². The predicted molar refractivity (Wildman–Crippen MR) is 191 cm³/mol. The lowest BCUT2D eigenvalue weighted by atomic mass is 10.1. The molecule has 3 N–H and O–H groups in total. The van der Waals surface area contributed by atoms with Crippen molar-refractivity contribution in [1.82, 2.24) is 10.3 Å². The summed E-state index contributed by atoms with van der Waals surface area (Å²) in [6.45, 7) is 5.79. The molecule has 0 fully saturated rings. The third kappa shape index (κ3) is 8.81. The fourth-order valence-corrected chi connectivity index (χ4v) is 6.31. The van der Waals surface area contributed by atoms with Gasteiger partial charge in [0, 0.05) is 38.7 Å². The summed E-state index contributed by atoms with van der Waals surface area (Å²) < 4.78 is 0. The zero-order valence-corrected chi connectivity index (χ0v) is 27.9. The molecule has 1 aromatic heterocycles. The fourth-order valence-electron chi connectivity index (χ4n) is 4.54. The smallest absolute Gasteiger partial charge is 0.272 e. The molecule has 48 heavy (non-hydrogen) atoms. The van der Waals surface area contributed by atoms with Gasteiger partial charge in [-0.3, -0.25) is 24.5 Å². The molecule has 12 heteroatoms. The van der Waals surface area contributed by atoms with Crippen LogP contribution in [0.3, 0.4) is 0 Å². The highest BCUT2D eigenvalue weighted by molar-refractivity contribution is 8.00. The Hall–Kier alpha value is -5.59. The Kier molecular flexibility index (Phi) is 10.8. The van der Waals surface area contributed by atoms with Crippen molar-refractivity contribution in [3.63, 3.8) is 0 Å². The second kappa shape index (κ2) is 15.3. The minimum absolute atomic E-state index is 0.0627. The van der Waals surface area contributed by atoms with Crippen LogP contribution in [0.25, 0.3) is 17.3 Å². The molecule has 1 heterocycles. The number of hydrogen-bond acceptors (Lipinski definition) is 8. The Morgan fingerprint density at radius 3 is 2.29 bits per heavy atom. The van der Waals surface area contributed by atoms with Crippen LogP contribution in [0, 0.1) is 24.0 Å². The average molecular weight is 678 g/mol. The van der Waals surface area contributed by atoms with Crippen molar-refractivity contribution in [2.75, 3.05) is 10.6 Å². The van der Waals surface area contributed by atoms with Gasteiger partial charge in [0.2, 0.25) is 5.91 Å². The molecule has 0 spiro atoms. The Balaban J connectivity index is 1.27. The lowest BCUT2D eigenvalue weighted by molar-refractivity contribution is -0.384. The van der Waals surface area contributed by atoms with Crippen molar-refractivity contribution in [2.45, 2.75) is 30.9 Å². The van der Waals surface area contributed by atoms with Gasteiger partial charge in [-0.05, 0) is 74.9 Å². The maximum atomic E-state index is 13.5. The minimum atomic E-state index is -0.603. The van der Waals surface area contributed by atoms with E-state index in [9.17, 15) is 24.5 Å². The monoisotopic (exact) mass is 677 g/mol. The first-order valence-electron chi connectivity index (χ1n) is 14.8. The molecular weight excluding hydrogens is 647 g/mol. The van der Waals surface area contributed by atoms with Gasteiger partial charge in [0.15, 0.2) is 5.13 Å². The number of nitro groups is 1. The van der Waals surface area contributed by atoms with Crippen molar-refractivity contribution in [3.05, 3.63) is 141 Å². The normalized spacial score (nSPS) is 11.8. The van der Waals surface area contributed by atoms with E-state index in [-0.39, 0.29) is 17.3 Å². The topological polar surface area (TPSA) is 143 Å². The summed E-state index contributed by atoms with van der Waals surface area (Å²) in [7, 11) is 0. The highest BCUT2D eigenvalue weighted by Gasteiger charge is 2.19. The first kappa shape index (κ1) is 33.8. The number of carbonyl (C=O) groups excluding carboxylic acids is 3. The molecule has 0 saturated carbocycles. The van der Waals surface area contributed by atoms with Crippen LogP contribution in [0.2, 0.25) is 0 Å². The third-order valence-electron chi connectivity index (χ3n) is 7.07. The molecule has 0 aliphatic rings. The van der Waals surface area contributed by atoms with Crippen molar-refractivity contribution in [2.24, 2.45) is 0 Å². The summed E-state index contributed by atoms with van der Waals surface area (Å²) in [6, 6.07) is 29.1. The molecule has 1 atom stereocenters. The fraction of sp³-hybridized carbons (Fsp3) is 0.111. The van der Waals surface area contributed by atoms with E-state index in [1.807, 2.05) is 44.2 Å². The van der Waals surface area contributed by atoms with E-state index in [1.165, 1.54) is 53.4 Å². The molecule has 0 bridgehead atoms. The quantitative estimate of drug-likeness (QED) is 0.0559. The van der Waals surface area contributed by atoms with E-state index >= 15 is 0 Å². The van der Waals surface area contributed by atoms with E-state index in [0.29, 0.717) is 21.9 Å². The van der Waals surface area contributed by atoms with Crippen molar-refractivity contribution in [3.8, 4) is 11.3 Å². The van der Waals surface area contributed by atoms with Crippen LogP contribution >= 0.6 is 23.1 Å². The van der Waals surface area contributed by atoms with Gasteiger partial charge in [0.25, 0.3) is 17.5 Å². The summed E-state index contributed by atoms with van der Waals surface area (Å²) in [5, 5.41) is 19.5. The summed E-state index contributed by atoms with van der Waals surface area (Å²) in [5.74, 6) is -1.31. The first-order valence-corrected chi connectivity index (χ1v) is 16.5. The zero-order chi connectivity index (χ0) is 34.2. The lowest BCUT2D eigenvalue weighted by Gasteiger charge is -2.13. The van der Waals surface area contributed by atoms with Crippen LogP contribution in [0.4, 0.5) is 16.5 Å². The van der Waals surface area contributed by atoms with Gasteiger partial charge in [0.05, 0.1) is 15.9 Å². The van der Waals surface area contributed by atoms with Gasteiger partial charge in [-0.25, -0.2) is 4.98 Å². The van der Waals surface area contributed by atoms with Crippen LogP contribution < -0.4 is 16.0 Å². The second-order valence-corrected chi connectivity index (χ2v) is 13.4. The maximum absolute atomic E-state index is 13.5. The number of anilines is 2. The highest BCUT2D eigenvalue weighted by atomic mass is 32.2. The van der Waals surface area contributed by atoms with Crippen molar-refractivity contribution < 1.29 is 19.3 Å². The number of rotatable bonds is 11. The number of aryl methyl sites for hydroxylation is 2. The van der Waals surface area contributed by atoms with Gasteiger partial charge >= 0.3 is 0 Å². The van der Waals surface area contributed by atoms with Gasteiger partial charge in [-0.1, -0.05) is 54.1 Å². The molecule has 4 aromatic carbocycles. The maximum Gasteiger partial charge on any atom is 0.272 e. The number of nitrogens with one attached hydrogen (secondary N) is 3. The number of carbonyl (C=O) groups is 3. The predicted octanol–water partition coefficient (Wildman–Crippen LogP) is 7.86. The highest BCUT2D eigenvalue weighted by Crippen LogP contribution is 2.32. The number of hydrogen-bond donors (Lipinski definition) is 3. The number of benzene rings is 4. The molecule has 5 rings (SSSR count). The lowest BCUT2D eigenvalue weighted by Crippen LogP contribution is -2.30. The van der Waals surface area contributed by atoms with E-state index in [1.54, 1.807) is 55.5 Å². The molecule has 3 amide bonds. The van der Waals surface area contributed by atoms with Crippen LogP contribution in [-0.4, -0.2) is 32.9 Å². The molecule has 242 valence electrons. The molecule has 1 unspecified atom stereocenters. The van der Waals surface area contributed by atoms with Crippen molar-refractivity contribution in [1.29, 1.82) is 0 Å².